The van der Waals surface area contributed by atoms with E-state index in [2.05, 4.69) is 0 Å². The Kier molecular flexibility index (Phi) is 5.65. The molecule has 3 N–H and O–H groups in total. The molecule has 3 rings (SSSR count). The van der Waals surface area contributed by atoms with Crippen molar-refractivity contribution in [2.24, 2.45) is 5.73 Å². The summed E-state index contributed by atoms with van der Waals surface area (Å²) in [7, 11) is 1.46. The molecule has 3 aromatic rings. The lowest BCUT2D eigenvalue weighted by atomic mass is 9.90. The zero-order valence-corrected chi connectivity index (χ0v) is 15.6. The third kappa shape index (κ3) is 4.27. The van der Waals surface area contributed by atoms with Crippen molar-refractivity contribution in [3.63, 3.8) is 0 Å². The molecular formula is C21H19NO7. The lowest BCUT2D eigenvalue weighted by molar-refractivity contribution is -0.161. The van der Waals surface area contributed by atoms with Crippen LogP contribution in [0.5, 0.6) is 5.75 Å². The summed E-state index contributed by atoms with van der Waals surface area (Å²) in [5.41, 5.74) is 3.99. The van der Waals surface area contributed by atoms with Crippen LogP contribution in [0, 0.1) is 0 Å². The van der Waals surface area contributed by atoms with Gasteiger partial charge in [0.15, 0.2) is 0 Å². The van der Waals surface area contributed by atoms with E-state index in [-0.39, 0.29) is 17.8 Å². The van der Waals surface area contributed by atoms with Crippen LogP contribution >= 0.6 is 0 Å². The molecule has 2 aromatic carbocycles. The molecule has 0 radical (unpaired) electrons. The topological polar surface area (TPSA) is 129 Å². The number of ether oxygens (including phenoxy) is 2. The van der Waals surface area contributed by atoms with E-state index in [1.54, 1.807) is 42.5 Å². The average molecular weight is 397 g/mol. The molecule has 29 heavy (non-hydrogen) atoms. The van der Waals surface area contributed by atoms with E-state index < -0.39 is 29.5 Å². The zero-order valence-electron chi connectivity index (χ0n) is 15.6. The predicted octanol–water partition coefficient (Wildman–Crippen LogP) is 1.87. The highest BCUT2D eigenvalue weighted by atomic mass is 16.5. The number of carboxylic acid groups (broad SMARTS) is 1. The standard InChI is InChI=1S/C21H19NO7/c1-27-15-7-8-16-14(9-18(23)29-17(16)10-15)11-21(22,19(24)25)20(26)28-12-13-5-3-2-4-6-13/h2-10H,11-12,22H2,1H3,(H,24,25)/t21-/m0/s1. The Morgan fingerprint density at radius 3 is 2.52 bits per heavy atom. The van der Waals surface area contributed by atoms with Gasteiger partial charge >= 0.3 is 17.6 Å². The fraction of sp³-hybridized carbons (Fsp3) is 0.190. The largest absolute Gasteiger partial charge is 0.497 e. The van der Waals surface area contributed by atoms with Crippen molar-refractivity contribution in [3.05, 3.63) is 76.1 Å². The van der Waals surface area contributed by atoms with Crippen molar-refractivity contribution in [2.45, 2.75) is 18.6 Å². The van der Waals surface area contributed by atoms with Crippen molar-refractivity contribution in [3.8, 4) is 5.75 Å². The smallest absolute Gasteiger partial charge is 0.338 e. The summed E-state index contributed by atoms with van der Waals surface area (Å²) in [6.07, 6.45) is -0.454. The first-order valence-electron chi connectivity index (χ1n) is 8.67. The molecule has 1 heterocycles. The predicted molar refractivity (Wildman–Crippen MR) is 104 cm³/mol. The normalized spacial score (nSPS) is 12.9. The maximum absolute atomic E-state index is 12.6. The number of benzene rings is 2. The van der Waals surface area contributed by atoms with Crippen LogP contribution in [0.15, 0.2) is 63.8 Å². The van der Waals surface area contributed by atoms with Gasteiger partial charge in [-0.05, 0) is 23.3 Å². The summed E-state index contributed by atoms with van der Waals surface area (Å²) in [6.45, 7) is -0.124. The van der Waals surface area contributed by atoms with Crippen LogP contribution in [0.4, 0.5) is 0 Å². The number of rotatable bonds is 7. The summed E-state index contributed by atoms with van der Waals surface area (Å²) in [6, 6.07) is 14.6. The first-order chi connectivity index (χ1) is 13.8. The maximum atomic E-state index is 12.6. The molecule has 0 amide bonds. The van der Waals surface area contributed by atoms with Crippen LogP contribution in [-0.2, 0) is 27.4 Å². The van der Waals surface area contributed by atoms with Gasteiger partial charge in [-0.3, -0.25) is 0 Å². The van der Waals surface area contributed by atoms with Crippen LogP contribution in [-0.4, -0.2) is 29.7 Å². The number of aliphatic carboxylic acids is 1. The number of nitrogens with two attached hydrogens (primary N) is 1. The second kappa shape index (κ2) is 8.15. The van der Waals surface area contributed by atoms with Crippen LogP contribution < -0.4 is 16.1 Å². The van der Waals surface area contributed by atoms with E-state index in [1.807, 2.05) is 0 Å². The molecule has 0 bridgehead atoms. The minimum absolute atomic E-state index is 0.124. The van der Waals surface area contributed by atoms with Crippen molar-refractivity contribution in [2.75, 3.05) is 7.11 Å². The minimum Gasteiger partial charge on any atom is -0.497 e. The molecule has 8 nitrogen and oxygen atoms in total. The number of hydrogen-bond donors (Lipinski definition) is 2. The third-order valence-electron chi connectivity index (χ3n) is 4.47. The molecule has 0 aliphatic rings. The van der Waals surface area contributed by atoms with E-state index in [0.29, 0.717) is 16.7 Å². The van der Waals surface area contributed by atoms with Crippen LogP contribution in [0.2, 0.25) is 0 Å². The summed E-state index contributed by atoms with van der Waals surface area (Å²) in [4.78, 5) is 36.3. The van der Waals surface area contributed by atoms with Crippen LogP contribution in [0.3, 0.4) is 0 Å². The van der Waals surface area contributed by atoms with Crippen molar-refractivity contribution in [1.29, 1.82) is 0 Å². The molecular weight excluding hydrogens is 378 g/mol. The van der Waals surface area contributed by atoms with Crippen molar-refractivity contribution < 1.29 is 28.6 Å². The van der Waals surface area contributed by atoms with Gasteiger partial charge < -0.3 is 24.7 Å². The van der Waals surface area contributed by atoms with Gasteiger partial charge in [-0.15, -0.1) is 0 Å². The molecule has 0 saturated heterocycles. The Bertz CT molecular complexity index is 1110. The van der Waals surface area contributed by atoms with Crippen molar-refractivity contribution >= 4 is 22.9 Å². The van der Waals surface area contributed by atoms with Gasteiger partial charge in [-0.2, -0.15) is 0 Å². The van der Waals surface area contributed by atoms with Gasteiger partial charge in [-0.1, -0.05) is 30.3 Å². The third-order valence-corrected chi connectivity index (χ3v) is 4.47. The highest BCUT2D eigenvalue weighted by molar-refractivity contribution is 6.04. The summed E-state index contributed by atoms with van der Waals surface area (Å²) >= 11 is 0. The molecule has 1 aromatic heterocycles. The molecule has 150 valence electrons. The van der Waals surface area contributed by atoms with Gasteiger partial charge in [-0.25, -0.2) is 14.4 Å². The number of carbonyl (C=O) groups excluding carboxylic acids is 1. The Hall–Kier alpha value is -3.65. The fourth-order valence-corrected chi connectivity index (χ4v) is 2.87. The number of carbonyl (C=O) groups is 2. The summed E-state index contributed by atoms with van der Waals surface area (Å²) in [5.74, 6) is -2.22. The average Bonchev–Trinajstić information content (AvgIpc) is 2.71. The first kappa shape index (κ1) is 20.1. The minimum atomic E-state index is -2.38. The maximum Gasteiger partial charge on any atom is 0.338 e. The second-order valence-electron chi connectivity index (χ2n) is 6.47. The fourth-order valence-electron chi connectivity index (χ4n) is 2.87. The van der Waals surface area contributed by atoms with E-state index in [9.17, 15) is 19.5 Å². The SMILES string of the molecule is COc1ccc2c(C[C@](N)(C(=O)O)C(=O)OCc3ccccc3)cc(=O)oc2c1. The van der Waals surface area contributed by atoms with Gasteiger partial charge in [0.2, 0.25) is 5.54 Å². The molecule has 0 unspecified atom stereocenters. The van der Waals surface area contributed by atoms with Crippen LogP contribution in [0.25, 0.3) is 11.0 Å². The highest BCUT2D eigenvalue weighted by Crippen LogP contribution is 2.25. The number of carboxylic acids is 1. The number of hydrogen-bond acceptors (Lipinski definition) is 7. The molecule has 0 aliphatic carbocycles. The number of methoxy groups -OCH3 is 1. The molecule has 0 fully saturated rings. The Labute approximate surface area is 165 Å². The second-order valence-corrected chi connectivity index (χ2v) is 6.47. The lowest BCUT2D eigenvalue weighted by Crippen LogP contribution is -2.57. The van der Waals surface area contributed by atoms with Gasteiger partial charge in [0, 0.05) is 23.9 Å². The van der Waals surface area contributed by atoms with Crippen molar-refractivity contribution in [1.82, 2.24) is 0 Å². The van der Waals surface area contributed by atoms with Gasteiger partial charge in [0.1, 0.15) is 17.9 Å². The quantitative estimate of drug-likeness (QED) is 0.351. The van der Waals surface area contributed by atoms with Crippen LogP contribution in [0.1, 0.15) is 11.1 Å². The Balaban J connectivity index is 1.92. The summed E-state index contributed by atoms with van der Waals surface area (Å²) < 4.78 is 15.4. The van der Waals surface area contributed by atoms with E-state index in [4.69, 9.17) is 19.6 Å². The first-order valence-corrected chi connectivity index (χ1v) is 8.67. The molecule has 0 saturated carbocycles. The van der Waals surface area contributed by atoms with Gasteiger partial charge in [0.25, 0.3) is 0 Å². The Morgan fingerprint density at radius 2 is 1.86 bits per heavy atom. The number of fused-ring (bicyclic) bond motifs is 1. The van der Waals surface area contributed by atoms with E-state index in [1.165, 1.54) is 13.2 Å². The van der Waals surface area contributed by atoms with E-state index >= 15 is 0 Å². The lowest BCUT2D eigenvalue weighted by Gasteiger charge is -2.23. The molecule has 0 aliphatic heterocycles. The monoisotopic (exact) mass is 397 g/mol. The molecule has 1 atom stereocenters. The van der Waals surface area contributed by atoms with E-state index in [0.717, 1.165) is 6.07 Å². The highest BCUT2D eigenvalue weighted by Gasteiger charge is 2.44. The number of esters is 1. The molecule has 0 spiro atoms. The molecule has 8 heteroatoms. The zero-order chi connectivity index (χ0) is 21.0. The Morgan fingerprint density at radius 1 is 1.14 bits per heavy atom. The summed E-state index contributed by atoms with van der Waals surface area (Å²) in [5, 5.41) is 10.1. The van der Waals surface area contributed by atoms with Gasteiger partial charge in [0.05, 0.1) is 7.11 Å².